The van der Waals surface area contributed by atoms with E-state index in [-0.39, 0.29) is 6.04 Å². The van der Waals surface area contributed by atoms with Gasteiger partial charge in [0, 0.05) is 22.6 Å². The monoisotopic (exact) mass is 301 g/mol. The van der Waals surface area contributed by atoms with E-state index in [0.29, 0.717) is 0 Å². The summed E-state index contributed by atoms with van der Waals surface area (Å²) < 4.78 is 0. The van der Waals surface area contributed by atoms with Crippen LogP contribution < -0.4 is 11.3 Å². The maximum absolute atomic E-state index is 5.77. The molecule has 1 aliphatic rings. The van der Waals surface area contributed by atoms with Crippen molar-refractivity contribution < 1.29 is 0 Å². The molecule has 1 atom stereocenters. The highest BCUT2D eigenvalue weighted by Gasteiger charge is 2.17. The molecular weight excluding hydrogens is 278 g/mol. The quantitative estimate of drug-likeness (QED) is 0.651. The molecule has 1 heterocycles. The molecule has 0 amide bonds. The van der Waals surface area contributed by atoms with Gasteiger partial charge < -0.3 is 0 Å². The normalized spacial score (nSPS) is 18.0. The summed E-state index contributed by atoms with van der Waals surface area (Å²) in [6.45, 7) is 0. The van der Waals surface area contributed by atoms with Crippen LogP contribution in [0.5, 0.6) is 0 Å². The Bertz CT molecular complexity index is 581. The van der Waals surface area contributed by atoms with E-state index in [4.69, 9.17) is 5.84 Å². The van der Waals surface area contributed by atoms with Crippen molar-refractivity contribution in [3.8, 4) is 0 Å². The molecule has 1 unspecified atom stereocenters. The number of benzene rings is 1. The third-order valence-corrected chi connectivity index (χ3v) is 5.73. The number of fused-ring (bicyclic) bond motifs is 1. The summed E-state index contributed by atoms with van der Waals surface area (Å²) in [4.78, 5) is 4.54. The summed E-state index contributed by atoms with van der Waals surface area (Å²) in [7, 11) is 0. The van der Waals surface area contributed by atoms with E-state index < -0.39 is 0 Å². The van der Waals surface area contributed by atoms with Crippen molar-refractivity contribution in [2.75, 3.05) is 5.75 Å². The SMILES string of the molecule is NNC(CSC1CCCCC1)c1cnc2ccccc2c1. The van der Waals surface area contributed by atoms with Gasteiger partial charge in [-0.25, -0.2) is 0 Å². The lowest BCUT2D eigenvalue weighted by Gasteiger charge is -2.24. The Morgan fingerprint density at radius 2 is 2.05 bits per heavy atom. The number of aromatic nitrogens is 1. The second-order valence-corrected chi connectivity index (χ2v) is 7.11. The topological polar surface area (TPSA) is 50.9 Å². The fourth-order valence-electron chi connectivity index (χ4n) is 2.98. The molecule has 1 aromatic carbocycles. The average molecular weight is 301 g/mol. The predicted octanol–water partition coefficient (Wildman–Crippen LogP) is 3.81. The van der Waals surface area contributed by atoms with Gasteiger partial charge in [0.25, 0.3) is 0 Å². The van der Waals surface area contributed by atoms with E-state index in [1.807, 2.05) is 18.3 Å². The van der Waals surface area contributed by atoms with Crippen LogP contribution in [0.15, 0.2) is 36.5 Å². The predicted molar refractivity (Wildman–Crippen MR) is 91.1 cm³/mol. The zero-order valence-corrected chi connectivity index (χ0v) is 13.1. The molecule has 0 radical (unpaired) electrons. The highest BCUT2D eigenvalue weighted by molar-refractivity contribution is 7.99. The molecule has 0 spiro atoms. The van der Waals surface area contributed by atoms with Gasteiger partial charge in [0.1, 0.15) is 0 Å². The smallest absolute Gasteiger partial charge is 0.0702 e. The Hall–Kier alpha value is -1.10. The number of hydrogen-bond donors (Lipinski definition) is 2. The third kappa shape index (κ3) is 3.76. The molecule has 2 aromatic rings. The van der Waals surface area contributed by atoms with Crippen LogP contribution in [0, 0.1) is 0 Å². The van der Waals surface area contributed by atoms with Crippen LogP contribution in [0.25, 0.3) is 10.9 Å². The number of rotatable bonds is 5. The summed E-state index contributed by atoms with van der Waals surface area (Å²) in [6.07, 6.45) is 8.85. The van der Waals surface area contributed by atoms with Crippen LogP contribution in [0.4, 0.5) is 0 Å². The number of thioether (sulfide) groups is 1. The Morgan fingerprint density at radius 3 is 2.86 bits per heavy atom. The maximum Gasteiger partial charge on any atom is 0.0702 e. The molecule has 0 saturated heterocycles. The van der Waals surface area contributed by atoms with Gasteiger partial charge in [-0.2, -0.15) is 11.8 Å². The molecule has 3 rings (SSSR count). The number of hydrogen-bond acceptors (Lipinski definition) is 4. The fraction of sp³-hybridized carbons (Fsp3) is 0.471. The summed E-state index contributed by atoms with van der Waals surface area (Å²) in [6, 6.07) is 10.6. The highest BCUT2D eigenvalue weighted by Crippen LogP contribution is 2.31. The third-order valence-electron chi connectivity index (χ3n) is 4.27. The Labute approximate surface area is 130 Å². The van der Waals surface area contributed by atoms with Crippen molar-refractivity contribution in [3.05, 3.63) is 42.1 Å². The molecule has 1 aliphatic carbocycles. The second-order valence-electron chi connectivity index (χ2n) is 5.77. The molecule has 21 heavy (non-hydrogen) atoms. The highest BCUT2D eigenvalue weighted by atomic mass is 32.2. The van der Waals surface area contributed by atoms with Crippen LogP contribution in [-0.4, -0.2) is 16.0 Å². The lowest BCUT2D eigenvalue weighted by Crippen LogP contribution is -2.30. The number of nitrogens with two attached hydrogens (primary N) is 1. The first kappa shape index (κ1) is 14.8. The van der Waals surface area contributed by atoms with Crippen molar-refractivity contribution in [3.63, 3.8) is 0 Å². The molecule has 0 bridgehead atoms. The molecule has 1 fully saturated rings. The Morgan fingerprint density at radius 1 is 1.24 bits per heavy atom. The zero-order chi connectivity index (χ0) is 14.5. The Kier molecular flexibility index (Phi) is 5.12. The summed E-state index contributed by atoms with van der Waals surface area (Å²) in [5.74, 6) is 6.79. The minimum atomic E-state index is 0.175. The van der Waals surface area contributed by atoms with E-state index >= 15 is 0 Å². The molecule has 112 valence electrons. The second kappa shape index (κ2) is 7.25. The standard InChI is InChI=1S/C17H23N3S/c18-20-17(12-21-15-7-2-1-3-8-15)14-10-13-6-4-5-9-16(13)19-11-14/h4-6,9-11,15,17,20H,1-3,7-8,12,18H2. The van der Waals surface area contributed by atoms with Crippen LogP contribution in [0.2, 0.25) is 0 Å². The van der Waals surface area contributed by atoms with Crippen LogP contribution in [0.1, 0.15) is 43.7 Å². The number of pyridine rings is 1. The first-order valence-electron chi connectivity index (χ1n) is 7.79. The minimum absolute atomic E-state index is 0.175. The number of hydrazine groups is 1. The number of nitrogens with one attached hydrogen (secondary N) is 1. The van der Waals surface area contributed by atoms with Gasteiger partial charge in [-0.15, -0.1) is 0 Å². The minimum Gasteiger partial charge on any atom is -0.271 e. The molecular formula is C17H23N3S. The molecule has 3 nitrogen and oxygen atoms in total. The van der Waals surface area contributed by atoms with Gasteiger partial charge in [-0.1, -0.05) is 37.5 Å². The summed E-state index contributed by atoms with van der Waals surface area (Å²) in [5, 5.41) is 1.99. The van der Waals surface area contributed by atoms with Gasteiger partial charge in [-0.3, -0.25) is 16.3 Å². The van der Waals surface area contributed by atoms with Gasteiger partial charge in [0.2, 0.25) is 0 Å². The van der Waals surface area contributed by atoms with Crippen LogP contribution in [0.3, 0.4) is 0 Å². The fourth-order valence-corrected chi connectivity index (χ4v) is 4.40. The molecule has 1 aromatic heterocycles. The first-order valence-corrected chi connectivity index (χ1v) is 8.84. The van der Waals surface area contributed by atoms with Gasteiger partial charge in [0.15, 0.2) is 0 Å². The molecule has 3 N–H and O–H groups in total. The number of para-hydroxylation sites is 1. The average Bonchev–Trinajstić information content (AvgIpc) is 2.56. The first-order chi connectivity index (χ1) is 10.4. The lowest BCUT2D eigenvalue weighted by atomic mass is 10.0. The van der Waals surface area contributed by atoms with Gasteiger partial charge in [0.05, 0.1) is 11.6 Å². The van der Waals surface area contributed by atoms with E-state index in [1.54, 1.807) is 0 Å². The molecule has 4 heteroatoms. The van der Waals surface area contributed by atoms with Crippen LogP contribution >= 0.6 is 11.8 Å². The van der Waals surface area contributed by atoms with E-state index in [1.165, 1.54) is 43.1 Å². The van der Waals surface area contributed by atoms with Crippen molar-refractivity contribution >= 4 is 22.7 Å². The molecule has 1 saturated carbocycles. The van der Waals surface area contributed by atoms with E-state index in [9.17, 15) is 0 Å². The maximum atomic E-state index is 5.77. The Balaban J connectivity index is 1.68. The summed E-state index contributed by atoms with van der Waals surface area (Å²) in [5.41, 5.74) is 5.18. The zero-order valence-electron chi connectivity index (χ0n) is 12.3. The van der Waals surface area contributed by atoms with E-state index in [0.717, 1.165) is 16.5 Å². The largest absolute Gasteiger partial charge is 0.271 e. The van der Waals surface area contributed by atoms with Crippen molar-refractivity contribution in [1.82, 2.24) is 10.4 Å². The van der Waals surface area contributed by atoms with Gasteiger partial charge >= 0.3 is 0 Å². The molecule has 0 aliphatic heterocycles. The van der Waals surface area contributed by atoms with Crippen molar-refractivity contribution in [2.45, 2.75) is 43.4 Å². The van der Waals surface area contributed by atoms with E-state index in [2.05, 4.69) is 40.4 Å². The lowest BCUT2D eigenvalue weighted by molar-refractivity contribution is 0.514. The van der Waals surface area contributed by atoms with Crippen LogP contribution in [-0.2, 0) is 0 Å². The van der Waals surface area contributed by atoms with Crippen molar-refractivity contribution in [2.24, 2.45) is 5.84 Å². The van der Waals surface area contributed by atoms with Gasteiger partial charge in [-0.05, 0) is 30.5 Å². The number of nitrogens with zero attached hydrogens (tertiary/aromatic N) is 1. The van der Waals surface area contributed by atoms with Crippen molar-refractivity contribution in [1.29, 1.82) is 0 Å². The summed E-state index contributed by atoms with van der Waals surface area (Å²) >= 11 is 2.06.